The number of ether oxygens (including phenoxy) is 1. The Morgan fingerprint density at radius 1 is 1.59 bits per heavy atom. The number of rotatable bonds is 5. The van der Waals surface area contributed by atoms with Gasteiger partial charge in [-0.15, -0.1) is 0 Å². The molecular weight excluding hydrogens is 218 g/mol. The van der Waals surface area contributed by atoms with Gasteiger partial charge < -0.3 is 15.0 Å². The van der Waals surface area contributed by atoms with Crippen LogP contribution in [-0.4, -0.2) is 37.7 Å². The van der Waals surface area contributed by atoms with E-state index in [9.17, 15) is 0 Å². The van der Waals surface area contributed by atoms with E-state index >= 15 is 0 Å². The molecule has 1 atom stereocenters. The van der Waals surface area contributed by atoms with Gasteiger partial charge in [0.2, 0.25) is 5.75 Å². The first-order valence-corrected chi connectivity index (χ1v) is 5.31. The van der Waals surface area contributed by atoms with E-state index in [1.165, 1.54) is 6.33 Å². The second-order valence-corrected chi connectivity index (χ2v) is 3.74. The lowest BCUT2D eigenvalue weighted by atomic mass is 10.2. The third-order valence-corrected chi connectivity index (χ3v) is 2.36. The van der Waals surface area contributed by atoms with Crippen molar-refractivity contribution in [3.63, 3.8) is 0 Å². The summed E-state index contributed by atoms with van der Waals surface area (Å²) in [4.78, 5) is 10.1. The van der Waals surface area contributed by atoms with Gasteiger partial charge in [0.05, 0.1) is 19.1 Å². The summed E-state index contributed by atoms with van der Waals surface area (Å²) in [6.45, 7) is 2.45. The van der Waals surface area contributed by atoms with Crippen molar-refractivity contribution in [3.05, 3.63) is 6.33 Å². The van der Waals surface area contributed by atoms with Crippen molar-refractivity contribution < 1.29 is 4.74 Å². The molecule has 0 aliphatic carbocycles. The third kappa shape index (κ3) is 2.97. The van der Waals surface area contributed by atoms with Crippen LogP contribution in [0.2, 0.25) is 0 Å². The zero-order chi connectivity index (χ0) is 12.8. The van der Waals surface area contributed by atoms with Crippen molar-refractivity contribution in [2.45, 2.75) is 6.92 Å². The Kier molecular flexibility index (Phi) is 4.52. The monoisotopic (exact) mass is 235 g/mol. The van der Waals surface area contributed by atoms with Crippen LogP contribution in [0.3, 0.4) is 0 Å². The highest BCUT2D eigenvalue weighted by atomic mass is 16.5. The fraction of sp³-hybridized carbons (Fsp3) is 0.545. The number of anilines is 2. The average molecular weight is 235 g/mol. The minimum Gasteiger partial charge on any atom is -0.490 e. The summed E-state index contributed by atoms with van der Waals surface area (Å²) in [6.07, 6.45) is 1.47. The van der Waals surface area contributed by atoms with Gasteiger partial charge in [-0.05, 0) is 6.92 Å². The largest absolute Gasteiger partial charge is 0.490 e. The fourth-order valence-electron chi connectivity index (χ4n) is 1.54. The van der Waals surface area contributed by atoms with Crippen molar-refractivity contribution in [1.29, 1.82) is 5.26 Å². The van der Waals surface area contributed by atoms with Crippen molar-refractivity contribution in [3.8, 4) is 11.8 Å². The van der Waals surface area contributed by atoms with Crippen molar-refractivity contribution in [2.24, 2.45) is 5.92 Å². The van der Waals surface area contributed by atoms with Crippen LogP contribution in [0, 0.1) is 17.2 Å². The lowest BCUT2D eigenvalue weighted by Gasteiger charge is -2.22. The van der Waals surface area contributed by atoms with E-state index in [-0.39, 0.29) is 5.92 Å². The molecule has 0 amide bonds. The molecule has 1 rings (SSSR count). The van der Waals surface area contributed by atoms with Crippen LogP contribution >= 0.6 is 0 Å². The van der Waals surface area contributed by atoms with E-state index < -0.39 is 0 Å². The molecule has 0 aliphatic rings. The van der Waals surface area contributed by atoms with Gasteiger partial charge in [0, 0.05) is 20.6 Å². The number of nitrogens with one attached hydrogen (secondary N) is 1. The number of aromatic nitrogens is 2. The van der Waals surface area contributed by atoms with E-state index in [0.29, 0.717) is 23.9 Å². The summed E-state index contributed by atoms with van der Waals surface area (Å²) in [5.74, 6) is 1.82. The predicted molar refractivity (Wildman–Crippen MR) is 66.2 cm³/mol. The number of nitriles is 1. The maximum Gasteiger partial charge on any atom is 0.204 e. The highest BCUT2D eigenvalue weighted by Gasteiger charge is 2.16. The van der Waals surface area contributed by atoms with Gasteiger partial charge >= 0.3 is 0 Å². The molecule has 17 heavy (non-hydrogen) atoms. The van der Waals surface area contributed by atoms with Gasteiger partial charge in [-0.25, -0.2) is 9.97 Å². The summed E-state index contributed by atoms with van der Waals surface area (Å²) in [6, 6.07) is 2.19. The van der Waals surface area contributed by atoms with Gasteiger partial charge in [-0.3, -0.25) is 0 Å². The quantitative estimate of drug-likeness (QED) is 0.824. The Morgan fingerprint density at radius 3 is 2.82 bits per heavy atom. The molecule has 0 radical (unpaired) electrons. The molecule has 0 saturated heterocycles. The molecule has 0 spiro atoms. The summed E-state index contributed by atoms with van der Waals surface area (Å²) in [5.41, 5.74) is 0. The van der Waals surface area contributed by atoms with Crippen molar-refractivity contribution in [2.75, 3.05) is 38.0 Å². The zero-order valence-corrected chi connectivity index (χ0v) is 10.6. The van der Waals surface area contributed by atoms with Gasteiger partial charge in [-0.1, -0.05) is 0 Å². The van der Waals surface area contributed by atoms with Gasteiger partial charge in [0.25, 0.3) is 0 Å². The van der Waals surface area contributed by atoms with Gasteiger partial charge in [0.1, 0.15) is 6.33 Å². The molecule has 1 unspecified atom stereocenters. The molecule has 6 heteroatoms. The highest BCUT2D eigenvalue weighted by Crippen LogP contribution is 2.30. The lowest BCUT2D eigenvalue weighted by molar-refractivity contribution is 0.412. The highest BCUT2D eigenvalue weighted by molar-refractivity contribution is 5.64. The van der Waals surface area contributed by atoms with Crippen LogP contribution in [0.1, 0.15) is 6.92 Å². The number of methoxy groups -OCH3 is 1. The molecule has 1 aromatic heterocycles. The van der Waals surface area contributed by atoms with Gasteiger partial charge in [0.15, 0.2) is 11.6 Å². The second-order valence-electron chi connectivity index (χ2n) is 3.74. The molecule has 0 aromatic carbocycles. The first kappa shape index (κ1) is 13.0. The zero-order valence-electron chi connectivity index (χ0n) is 10.6. The Labute approximate surface area is 101 Å². The lowest BCUT2D eigenvalue weighted by Crippen LogP contribution is -2.25. The van der Waals surface area contributed by atoms with Crippen LogP contribution in [0.15, 0.2) is 6.33 Å². The van der Waals surface area contributed by atoms with Crippen LogP contribution in [0.25, 0.3) is 0 Å². The van der Waals surface area contributed by atoms with E-state index in [1.54, 1.807) is 14.2 Å². The minimum atomic E-state index is -0.0716. The first-order valence-electron chi connectivity index (χ1n) is 5.31. The number of hydrogen-bond acceptors (Lipinski definition) is 6. The normalized spacial score (nSPS) is 11.5. The Hall–Kier alpha value is -2.03. The van der Waals surface area contributed by atoms with Crippen molar-refractivity contribution in [1.82, 2.24) is 9.97 Å². The Morgan fingerprint density at radius 2 is 2.29 bits per heavy atom. The molecule has 0 saturated carbocycles. The standard InChI is InChI=1S/C11H17N5O/c1-8(5-12)6-16(3)11-9(17-4)10(13-2)14-7-15-11/h7-8H,6H2,1-4H3,(H,13,14,15). The molecule has 1 aromatic rings. The minimum absolute atomic E-state index is 0.0716. The Balaban J connectivity index is 3.01. The summed E-state index contributed by atoms with van der Waals surface area (Å²) < 4.78 is 5.29. The number of nitrogens with zero attached hydrogens (tertiary/aromatic N) is 4. The third-order valence-electron chi connectivity index (χ3n) is 2.36. The summed E-state index contributed by atoms with van der Waals surface area (Å²) in [7, 11) is 5.22. The first-order chi connectivity index (χ1) is 8.13. The fourth-order valence-corrected chi connectivity index (χ4v) is 1.54. The van der Waals surface area contributed by atoms with Crippen molar-refractivity contribution >= 4 is 11.6 Å². The molecule has 0 fully saturated rings. The predicted octanol–water partition coefficient (Wildman–Crippen LogP) is 1.12. The van der Waals surface area contributed by atoms with Crippen LogP contribution < -0.4 is 15.0 Å². The molecule has 1 N–H and O–H groups in total. The van der Waals surface area contributed by atoms with E-state index in [1.807, 2.05) is 18.9 Å². The number of hydrogen-bond donors (Lipinski definition) is 1. The smallest absolute Gasteiger partial charge is 0.204 e. The maximum atomic E-state index is 8.80. The van der Waals surface area contributed by atoms with Crippen LogP contribution in [0.4, 0.5) is 11.6 Å². The molecule has 0 aliphatic heterocycles. The van der Waals surface area contributed by atoms with Gasteiger partial charge in [-0.2, -0.15) is 5.26 Å². The van der Waals surface area contributed by atoms with E-state index in [2.05, 4.69) is 21.4 Å². The van der Waals surface area contributed by atoms with Crippen LogP contribution in [-0.2, 0) is 0 Å². The molecule has 6 nitrogen and oxygen atoms in total. The van der Waals surface area contributed by atoms with E-state index in [0.717, 1.165) is 0 Å². The second kappa shape index (κ2) is 5.89. The SMILES string of the molecule is CNc1ncnc(N(C)CC(C)C#N)c1OC. The molecule has 0 bridgehead atoms. The average Bonchev–Trinajstić information content (AvgIpc) is 2.37. The summed E-state index contributed by atoms with van der Waals surface area (Å²) >= 11 is 0. The molecule has 1 heterocycles. The van der Waals surface area contributed by atoms with Crippen LogP contribution in [0.5, 0.6) is 5.75 Å². The Bertz CT molecular complexity index is 415. The van der Waals surface area contributed by atoms with E-state index in [4.69, 9.17) is 10.00 Å². The topological polar surface area (TPSA) is 74.1 Å². The molecular formula is C11H17N5O. The summed E-state index contributed by atoms with van der Waals surface area (Å²) in [5, 5.41) is 11.7. The molecule has 92 valence electrons. The maximum absolute atomic E-state index is 8.80.